The van der Waals surface area contributed by atoms with E-state index in [2.05, 4.69) is 10.3 Å². The summed E-state index contributed by atoms with van der Waals surface area (Å²) >= 11 is 0. The smallest absolute Gasteiger partial charge is 0.251 e. The number of rotatable bonds is 6. The zero-order valence-electron chi connectivity index (χ0n) is 13.1. The molecule has 6 heteroatoms. The largest absolute Gasteiger partial charge is 0.461 e. The molecule has 0 saturated heterocycles. The van der Waals surface area contributed by atoms with E-state index in [-0.39, 0.29) is 24.2 Å². The molecule has 0 aliphatic heterocycles. The van der Waals surface area contributed by atoms with E-state index in [9.17, 15) is 9.59 Å². The van der Waals surface area contributed by atoms with Gasteiger partial charge in [-0.05, 0) is 31.2 Å². The minimum atomic E-state index is -0.302. The van der Waals surface area contributed by atoms with Crippen LogP contribution in [0.3, 0.4) is 0 Å². The molecule has 1 aromatic carbocycles. The fourth-order valence-electron chi connectivity index (χ4n) is 2.32. The lowest BCUT2D eigenvalue weighted by Gasteiger charge is -2.12. The third-order valence-electron chi connectivity index (χ3n) is 3.53. The van der Waals surface area contributed by atoms with Crippen molar-refractivity contribution in [2.24, 2.45) is 0 Å². The van der Waals surface area contributed by atoms with Gasteiger partial charge in [0.1, 0.15) is 0 Å². The monoisotopic (exact) mass is 324 g/mol. The number of hydrogen-bond donors (Lipinski definition) is 1. The van der Waals surface area contributed by atoms with Crippen LogP contribution in [-0.2, 0) is 0 Å². The van der Waals surface area contributed by atoms with Gasteiger partial charge in [-0.3, -0.25) is 9.59 Å². The first-order chi connectivity index (χ1) is 11.6. The Hall–Kier alpha value is -3.15. The number of hydrogen-bond acceptors (Lipinski definition) is 5. The van der Waals surface area contributed by atoms with Crippen LogP contribution in [0.2, 0.25) is 0 Å². The topological polar surface area (TPSA) is 85.3 Å². The molecule has 1 atom stereocenters. The molecule has 2 heterocycles. The highest BCUT2D eigenvalue weighted by atomic mass is 16.3. The predicted octanol–water partition coefficient (Wildman–Crippen LogP) is 3.33. The van der Waals surface area contributed by atoms with Gasteiger partial charge in [0.05, 0.1) is 12.5 Å². The number of amides is 1. The summed E-state index contributed by atoms with van der Waals surface area (Å²) in [5.41, 5.74) is 1.35. The van der Waals surface area contributed by atoms with Crippen molar-refractivity contribution in [3.8, 4) is 11.3 Å². The summed E-state index contributed by atoms with van der Waals surface area (Å²) in [5.74, 6) is 0.555. The summed E-state index contributed by atoms with van der Waals surface area (Å²) in [5, 5.41) is 2.81. The van der Waals surface area contributed by atoms with Gasteiger partial charge in [0.2, 0.25) is 0 Å². The number of carbonyl (C=O) groups excluding carboxylic acids is 2. The van der Waals surface area contributed by atoms with Crippen LogP contribution < -0.4 is 5.32 Å². The first-order valence-corrected chi connectivity index (χ1v) is 7.50. The van der Waals surface area contributed by atoms with Gasteiger partial charge < -0.3 is 14.2 Å². The number of Topliss-reactive ketones (excluding diaryl/α,β-unsaturated/α-hetero) is 1. The Morgan fingerprint density at radius 2 is 1.96 bits per heavy atom. The zero-order chi connectivity index (χ0) is 16.9. The zero-order valence-corrected chi connectivity index (χ0v) is 13.1. The van der Waals surface area contributed by atoms with Crippen molar-refractivity contribution in [3.05, 3.63) is 66.6 Å². The van der Waals surface area contributed by atoms with E-state index in [0.717, 1.165) is 5.56 Å². The van der Waals surface area contributed by atoms with Crippen molar-refractivity contribution >= 4 is 11.7 Å². The van der Waals surface area contributed by atoms with Gasteiger partial charge in [-0.25, -0.2) is 4.98 Å². The molecule has 0 spiro atoms. The summed E-state index contributed by atoms with van der Waals surface area (Å²) in [4.78, 5) is 28.0. The lowest BCUT2D eigenvalue weighted by molar-refractivity contribution is 0.0907. The van der Waals surface area contributed by atoms with Crippen LogP contribution in [0.15, 0.2) is 64.1 Å². The Morgan fingerprint density at radius 3 is 2.58 bits per heavy atom. The minimum Gasteiger partial charge on any atom is -0.461 e. The van der Waals surface area contributed by atoms with Crippen LogP contribution in [0.4, 0.5) is 0 Å². The molecule has 0 fully saturated rings. The highest BCUT2D eigenvalue weighted by molar-refractivity contribution is 5.96. The van der Waals surface area contributed by atoms with Gasteiger partial charge in [0, 0.05) is 23.6 Å². The molecule has 24 heavy (non-hydrogen) atoms. The Kier molecular flexibility index (Phi) is 4.56. The summed E-state index contributed by atoms with van der Waals surface area (Å²) < 4.78 is 10.3. The van der Waals surface area contributed by atoms with Gasteiger partial charge in [-0.15, -0.1) is 0 Å². The first kappa shape index (κ1) is 15.7. The highest BCUT2D eigenvalue weighted by Crippen LogP contribution is 2.19. The Morgan fingerprint density at radius 1 is 1.17 bits per heavy atom. The van der Waals surface area contributed by atoms with E-state index in [1.165, 1.54) is 12.7 Å². The van der Waals surface area contributed by atoms with Crippen LogP contribution in [0.25, 0.3) is 11.3 Å². The molecular formula is C18H16N2O4. The Labute approximate surface area is 138 Å². The molecule has 122 valence electrons. The maximum atomic E-state index is 12.2. The molecule has 0 unspecified atom stereocenters. The third kappa shape index (κ3) is 3.60. The average Bonchev–Trinajstić information content (AvgIpc) is 3.28. The second-order valence-corrected chi connectivity index (χ2v) is 5.42. The number of oxazole rings is 1. The van der Waals surface area contributed by atoms with Crippen LogP contribution in [0.1, 0.15) is 34.3 Å². The fraction of sp³-hybridized carbons (Fsp3) is 0.167. The van der Waals surface area contributed by atoms with Crippen molar-refractivity contribution in [3.63, 3.8) is 0 Å². The van der Waals surface area contributed by atoms with Gasteiger partial charge >= 0.3 is 0 Å². The van der Waals surface area contributed by atoms with Crippen molar-refractivity contribution < 1.29 is 18.4 Å². The molecule has 0 bridgehead atoms. The molecule has 0 aliphatic rings. The lowest BCUT2D eigenvalue weighted by atomic mass is 10.1. The average molecular weight is 324 g/mol. The third-order valence-corrected chi connectivity index (χ3v) is 3.53. The summed E-state index contributed by atoms with van der Waals surface area (Å²) in [6, 6.07) is 9.94. The van der Waals surface area contributed by atoms with E-state index < -0.39 is 0 Å². The highest BCUT2D eigenvalue weighted by Gasteiger charge is 2.16. The Balaban J connectivity index is 1.59. The number of ketones is 1. The number of aromatic nitrogens is 1. The molecule has 2 aromatic heterocycles. The van der Waals surface area contributed by atoms with E-state index in [1.54, 1.807) is 49.5 Å². The van der Waals surface area contributed by atoms with Crippen LogP contribution >= 0.6 is 0 Å². The number of benzene rings is 1. The van der Waals surface area contributed by atoms with Crippen molar-refractivity contribution in [2.45, 2.75) is 19.4 Å². The fourth-order valence-corrected chi connectivity index (χ4v) is 2.32. The van der Waals surface area contributed by atoms with Crippen LogP contribution in [0.5, 0.6) is 0 Å². The minimum absolute atomic E-state index is 0.145. The maximum absolute atomic E-state index is 12.2. The van der Waals surface area contributed by atoms with E-state index in [0.29, 0.717) is 17.1 Å². The molecule has 6 nitrogen and oxygen atoms in total. The molecule has 0 saturated carbocycles. The van der Waals surface area contributed by atoms with Gasteiger partial charge in [0.15, 0.2) is 23.7 Å². The van der Waals surface area contributed by atoms with Gasteiger partial charge in [-0.1, -0.05) is 12.1 Å². The van der Waals surface area contributed by atoms with E-state index in [4.69, 9.17) is 8.83 Å². The molecular weight excluding hydrogens is 308 g/mol. The Bertz CT molecular complexity index is 805. The number of furan rings is 1. The van der Waals surface area contributed by atoms with Gasteiger partial charge in [-0.2, -0.15) is 0 Å². The first-order valence-electron chi connectivity index (χ1n) is 7.50. The lowest BCUT2D eigenvalue weighted by Crippen LogP contribution is -2.34. The quantitative estimate of drug-likeness (QED) is 0.703. The van der Waals surface area contributed by atoms with E-state index >= 15 is 0 Å². The van der Waals surface area contributed by atoms with Gasteiger partial charge in [0.25, 0.3) is 5.91 Å². The predicted molar refractivity (Wildman–Crippen MR) is 86.5 cm³/mol. The van der Waals surface area contributed by atoms with Crippen molar-refractivity contribution in [1.29, 1.82) is 0 Å². The SMILES string of the molecule is C[C@H](CC(=O)c1ccco1)NC(=O)c1ccc(-c2cnco2)cc1. The molecule has 0 aliphatic carbocycles. The van der Waals surface area contributed by atoms with Crippen LogP contribution in [0, 0.1) is 0 Å². The summed E-state index contributed by atoms with van der Waals surface area (Å²) in [6.07, 6.45) is 4.59. The maximum Gasteiger partial charge on any atom is 0.251 e. The van der Waals surface area contributed by atoms with Crippen LogP contribution in [-0.4, -0.2) is 22.7 Å². The number of nitrogens with one attached hydrogen (secondary N) is 1. The second kappa shape index (κ2) is 6.95. The number of nitrogens with zero attached hydrogens (tertiary/aromatic N) is 1. The molecule has 0 radical (unpaired) electrons. The molecule has 3 aromatic rings. The molecule has 3 rings (SSSR count). The molecule has 1 N–H and O–H groups in total. The standard InChI is InChI=1S/C18H16N2O4/c1-12(9-15(21)16-3-2-8-23-16)20-18(22)14-6-4-13(5-7-14)17-10-19-11-24-17/h2-8,10-12H,9H2,1H3,(H,20,22)/t12-/m1/s1. The van der Waals surface area contributed by atoms with E-state index in [1.807, 2.05) is 0 Å². The second-order valence-electron chi connectivity index (χ2n) is 5.42. The number of carbonyl (C=O) groups is 2. The summed E-state index contributed by atoms with van der Waals surface area (Å²) in [7, 11) is 0. The molecule has 1 amide bonds. The normalized spacial score (nSPS) is 11.9. The summed E-state index contributed by atoms with van der Waals surface area (Å²) in [6.45, 7) is 1.78. The van der Waals surface area contributed by atoms with Crippen molar-refractivity contribution in [1.82, 2.24) is 10.3 Å². The van der Waals surface area contributed by atoms with Crippen molar-refractivity contribution in [2.75, 3.05) is 0 Å².